The van der Waals surface area contributed by atoms with Crippen LogP contribution in [0, 0.1) is 17.1 Å². The molecule has 11 heteroatoms. The number of aromatic nitrogens is 4. The average molecular weight is 490 g/mol. The summed E-state index contributed by atoms with van der Waals surface area (Å²) in [5.41, 5.74) is 8.21. The highest BCUT2D eigenvalue weighted by molar-refractivity contribution is 5.76. The number of nitriles is 1. The summed E-state index contributed by atoms with van der Waals surface area (Å²) in [5, 5.41) is 20.7. The first-order valence-electron chi connectivity index (χ1n) is 11.3. The summed E-state index contributed by atoms with van der Waals surface area (Å²) in [4.78, 5) is 16.6. The van der Waals surface area contributed by atoms with E-state index >= 15 is 0 Å². The van der Waals surface area contributed by atoms with E-state index < -0.39 is 0 Å². The number of nitrogens with one attached hydrogen (secondary N) is 1. The van der Waals surface area contributed by atoms with E-state index in [1.807, 2.05) is 12.1 Å². The van der Waals surface area contributed by atoms with Crippen LogP contribution >= 0.6 is 0 Å². The molecule has 0 atom stereocenters. The molecule has 10 nitrogen and oxygen atoms in total. The molecule has 0 unspecified atom stereocenters. The zero-order valence-electron chi connectivity index (χ0n) is 19.6. The number of ether oxygens (including phenoxy) is 1. The molecule has 2 heterocycles. The van der Waals surface area contributed by atoms with Crippen molar-refractivity contribution in [3.8, 4) is 28.9 Å². The molecular weight excluding hydrogens is 465 g/mol. The van der Waals surface area contributed by atoms with E-state index in [2.05, 4.69) is 26.6 Å². The Hall–Kier alpha value is -4.72. The number of methoxy groups -OCH3 is 1. The van der Waals surface area contributed by atoms with Crippen LogP contribution in [-0.2, 0) is 17.6 Å². The highest BCUT2D eigenvalue weighted by atomic mass is 19.1. The summed E-state index contributed by atoms with van der Waals surface area (Å²) in [7, 11) is 1.59. The van der Waals surface area contributed by atoms with E-state index in [0.717, 1.165) is 11.3 Å². The van der Waals surface area contributed by atoms with Crippen molar-refractivity contribution < 1.29 is 18.4 Å². The zero-order chi connectivity index (χ0) is 25.5. The topological polar surface area (TPSA) is 145 Å². The fraction of sp³-hybridized carbons (Fsp3) is 0.240. The van der Waals surface area contributed by atoms with E-state index in [1.54, 1.807) is 19.2 Å². The van der Waals surface area contributed by atoms with Gasteiger partial charge in [-0.2, -0.15) is 15.3 Å². The predicted octanol–water partition coefficient (Wildman–Crippen LogP) is 3.21. The number of nitrogens with zero attached hydrogens (tertiary/aromatic N) is 5. The number of nitrogens with two attached hydrogens (primary N) is 1. The van der Waals surface area contributed by atoms with Gasteiger partial charge < -0.3 is 20.3 Å². The molecule has 3 N–H and O–H groups in total. The van der Waals surface area contributed by atoms with Crippen LogP contribution in [-0.4, -0.2) is 39.5 Å². The molecule has 0 aliphatic carbocycles. The minimum absolute atomic E-state index is 0.156. The molecule has 184 valence electrons. The summed E-state index contributed by atoms with van der Waals surface area (Å²) >= 11 is 0. The lowest BCUT2D eigenvalue weighted by molar-refractivity contribution is -0.121. The van der Waals surface area contributed by atoms with Crippen molar-refractivity contribution in [1.82, 2.24) is 25.2 Å². The van der Waals surface area contributed by atoms with Gasteiger partial charge in [-0.05, 0) is 61.4 Å². The third-order valence-electron chi connectivity index (χ3n) is 5.47. The Bertz CT molecular complexity index is 1370. The number of rotatable bonds is 10. The SMILES string of the molecule is COc1ccc(-c2noc(CCC(=O)NCCCc3nn(-c4ccc(F)cc4)c(N)c3C#N)n2)cc1. The number of halogens is 1. The largest absolute Gasteiger partial charge is 0.497 e. The molecule has 0 saturated carbocycles. The van der Waals surface area contributed by atoms with Crippen molar-refractivity contribution in [1.29, 1.82) is 5.26 Å². The molecule has 36 heavy (non-hydrogen) atoms. The van der Waals surface area contributed by atoms with Crippen molar-refractivity contribution in [2.75, 3.05) is 19.4 Å². The van der Waals surface area contributed by atoms with Gasteiger partial charge in [0.2, 0.25) is 17.6 Å². The Kier molecular flexibility index (Phi) is 7.55. The molecule has 4 rings (SSSR count). The first-order chi connectivity index (χ1) is 17.5. The van der Waals surface area contributed by atoms with Crippen LogP contribution in [0.4, 0.5) is 10.2 Å². The van der Waals surface area contributed by atoms with Gasteiger partial charge in [0.25, 0.3) is 0 Å². The van der Waals surface area contributed by atoms with Gasteiger partial charge in [0.1, 0.15) is 29.0 Å². The van der Waals surface area contributed by atoms with Crippen LogP contribution in [0.25, 0.3) is 17.1 Å². The van der Waals surface area contributed by atoms with Crippen LogP contribution < -0.4 is 15.8 Å². The number of carbonyl (C=O) groups excluding carboxylic acids is 1. The van der Waals surface area contributed by atoms with E-state index in [1.165, 1.54) is 28.9 Å². The number of aryl methyl sites for hydroxylation is 2. The molecule has 0 fully saturated rings. The number of carbonyl (C=O) groups is 1. The second-order valence-corrected chi connectivity index (χ2v) is 7.90. The fourth-order valence-electron chi connectivity index (χ4n) is 3.56. The molecule has 0 saturated heterocycles. The van der Waals surface area contributed by atoms with Gasteiger partial charge in [-0.15, -0.1) is 0 Å². The van der Waals surface area contributed by atoms with Crippen LogP contribution in [0.1, 0.15) is 30.0 Å². The van der Waals surface area contributed by atoms with Crippen LogP contribution in [0.3, 0.4) is 0 Å². The van der Waals surface area contributed by atoms with Crippen molar-refractivity contribution in [2.45, 2.75) is 25.7 Å². The minimum Gasteiger partial charge on any atom is -0.497 e. The average Bonchev–Trinajstić information content (AvgIpc) is 3.50. The maximum atomic E-state index is 13.2. The molecule has 0 aliphatic rings. The van der Waals surface area contributed by atoms with Gasteiger partial charge in [-0.25, -0.2) is 9.07 Å². The Morgan fingerprint density at radius 3 is 2.64 bits per heavy atom. The highest BCUT2D eigenvalue weighted by Gasteiger charge is 2.17. The van der Waals surface area contributed by atoms with E-state index in [-0.39, 0.29) is 29.5 Å². The number of amides is 1. The van der Waals surface area contributed by atoms with E-state index in [9.17, 15) is 14.4 Å². The third-order valence-corrected chi connectivity index (χ3v) is 5.47. The maximum Gasteiger partial charge on any atom is 0.227 e. The van der Waals surface area contributed by atoms with Gasteiger partial charge in [-0.1, -0.05) is 5.16 Å². The Morgan fingerprint density at radius 1 is 1.19 bits per heavy atom. The lowest BCUT2D eigenvalue weighted by Crippen LogP contribution is -2.25. The number of hydrogen-bond acceptors (Lipinski definition) is 8. The lowest BCUT2D eigenvalue weighted by atomic mass is 10.1. The standard InChI is InChI=1S/C25H24FN7O3/c1-35-19-10-4-16(5-11-19)25-30-23(36-32-25)13-12-22(34)29-14-2-3-21-20(15-27)24(28)33(31-21)18-8-6-17(26)7-9-18/h4-11H,2-3,12-14,28H2,1H3,(H,29,34). The molecule has 0 spiro atoms. The molecule has 0 bridgehead atoms. The molecule has 4 aromatic rings. The number of nitrogen functional groups attached to an aromatic ring is 1. The van der Waals surface area contributed by atoms with Crippen LogP contribution in [0.2, 0.25) is 0 Å². The summed E-state index contributed by atoms with van der Waals surface area (Å²) < 4.78 is 25.0. The fourth-order valence-corrected chi connectivity index (χ4v) is 3.56. The predicted molar refractivity (Wildman–Crippen MR) is 129 cm³/mol. The summed E-state index contributed by atoms with van der Waals surface area (Å²) in [6.07, 6.45) is 1.50. The van der Waals surface area contributed by atoms with Crippen molar-refractivity contribution in [2.24, 2.45) is 0 Å². The Labute approximate surface area is 206 Å². The number of anilines is 1. The molecule has 0 radical (unpaired) electrons. The maximum absolute atomic E-state index is 13.2. The Morgan fingerprint density at radius 2 is 1.94 bits per heavy atom. The monoisotopic (exact) mass is 489 g/mol. The summed E-state index contributed by atoms with van der Waals surface area (Å²) in [6.45, 7) is 0.397. The molecule has 1 amide bonds. The summed E-state index contributed by atoms with van der Waals surface area (Å²) in [6, 6.07) is 15.0. The smallest absolute Gasteiger partial charge is 0.227 e. The molecule has 2 aromatic carbocycles. The van der Waals surface area contributed by atoms with Gasteiger partial charge in [0.05, 0.1) is 18.5 Å². The van der Waals surface area contributed by atoms with E-state index in [4.69, 9.17) is 15.0 Å². The van der Waals surface area contributed by atoms with E-state index in [0.29, 0.717) is 48.9 Å². The molecule has 0 aliphatic heterocycles. The molecular formula is C25H24FN7O3. The quantitative estimate of drug-likeness (QED) is 0.323. The van der Waals surface area contributed by atoms with Gasteiger partial charge in [-0.3, -0.25) is 4.79 Å². The minimum atomic E-state index is -0.377. The van der Waals surface area contributed by atoms with Gasteiger partial charge >= 0.3 is 0 Å². The Balaban J connectivity index is 1.25. The van der Waals surface area contributed by atoms with Crippen molar-refractivity contribution in [3.05, 3.63) is 71.5 Å². The van der Waals surface area contributed by atoms with Crippen LogP contribution in [0.5, 0.6) is 5.75 Å². The van der Waals surface area contributed by atoms with Gasteiger partial charge in [0, 0.05) is 24.9 Å². The summed E-state index contributed by atoms with van der Waals surface area (Å²) in [5.74, 6) is 1.20. The number of benzene rings is 2. The van der Waals surface area contributed by atoms with Crippen molar-refractivity contribution in [3.63, 3.8) is 0 Å². The molecule has 2 aromatic heterocycles. The first-order valence-corrected chi connectivity index (χ1v) is 11.3. The third kappa shape index (κ3) is 5.67. The second kappa shape index (κ2) is 11.1. The highest BCUT2D eigenvalue weighted by Crippen LogP contribution is 2.22. The second-order valence-electron chi connectivity index (χ2n) is 7.90. The lowest BCUT2D eigenvalue weighted by Gasteiger charge is -2.04. The zero-order valence-corrected chi connectivity index (χ0v) is 19.6. The van der Waals surface area contributed by atoms with Crippen LogP contribution in [0.15, 0.2) is 53.1 Å². The van der Waals surface area contributed by atoms with Gasteiger partial charge in [0.15, 0.2) is 0 Å². The van der Waals surface area contributed by atoms with Crippen molar-refractivity contribution >= 4 is 11.7 Å². The normalized spacial score (nSPS) is 10.7. The number of hydrogen-bond donors (Lipinski definition) is 2. The first kappa shape index (κ1) is 24.4.